The van der Waals surface area contributed by atoms with Crippen molar-refractivity contribution in [1.82, 2.24) is 24.0 Å². The average molecular weight is 421 g/mol. The number of carbonyl (C=O) groups is 1. The molecule has 1 amide bonds. The van der Waals surface area contributed by atoms with Crippen molar-refractivity contribution in [2.24, 2.45) is 0 Å². The first kappa shape index (κ1) is 20.4. The van der Waals surface area contributed by atoms with Crippen LogP contribution in [0, 0.1) is 0 Å². The van der Waals surface area contributed by atoms with Gasteiger partial charge in [0.25, 0.3) is 5.56 Å². The SMILES string of the molecule is CCn1cnc2c1c(=O)n(CC(=O)N[C@@H](C)c1ccco1)c(=O)n2Cc1ccccc1. The summed E-state index contributed by atoms with van der Waals surface area (Å²) in [6.07, 6.45) is 3.06. The standard InChI is InChI=1S/C22H23N5O4/c1-3-25-14-23-20-19(25)21(29)27(13-18(28)24-15(2)17-10-7-11-31-17)22(30)26(20)12-16-8-5-4-6-9-16/h4-11,14-15H,3,12-13H2,1-2H3,(H,24,28)/t15-/m0/s1. The van der Waals surface area contributed by atoms with Crippen LogP contribution in [0.5, 0.6) is 0 Å². The summed E-state index contributed by atoms with van der Waals surface area (Å²) < 4.78 is 9.37. The Labute approximate surface area is 177 Å². The topological polar surface area (TPSA) is 104 Å². The summed E-state index contributed by atoms with van der Waals surface area (Å²) in [4.78, 5) is 43.3. The van der Waals surface area contributed by atoms with Crippen LogP contribution >= 0.6 is 0 Å². The van der Waals surface area contributed by atoms with Crippen molar-refractivity contribution in [3.63, 3.8) is 0 Å². The maximum absolute atomic E-state index is 13.2. The maximum Gasteiger partial charge on any atom is 0.333 e. The molecule has 0 radical (unpaired) electrons. The average Bonchev–Trinajstić information content (AvgIpc) is 3.45. The molecule has 0 saturated carbocycles. The van der Waals surface area contributed by atoms with Gasteiger partial charge in [-0.05, 0) is 31.5 Å². The summed E-state index contributed by atoms with van der Waals surface area (Å²) in [5.41, 5.74) is 0.372. The van der Waals surface area contributed by atoms with Crippen LogP contribution in [-0.2, 0) is 24.4 Å². The van der Waals surface area contributed by atoms with E-state index in [0.29, 0.717) is 23.5 Å². The number of furan rings is 1. The Bertz CT molecular complexity index is 1320. The molecule has 0 aliphatic rings. The molecule has 3 heterocycles. The lowest BCUT2D eigenvalue weighted by molar-refractivity contribution is -0.122. The number of amides is 1. The van der Waals surface area contributed by atoms with E-state index in [0.717, 1.165) is 10.1 Å². The van der Waals surface area contributed by atoms with Crippen LogP contribution in [0.1, 0.15) is 31.2 Å². The largest absolute Gasteiger partial charge is 0.467 e. The van der Waals surface area contributed by atoms with Gasteiger partial charge in [0.15, 0.2) is 11.2 Å². The smallest absolute Gasteiger partial charge is 0.333 e. The number of benzene rings is 1. The second-order valence-electron chi connectivity index (χ2n) is 7.25. The van der Waals surface area contributed by atoms with Gasteiger partial charge < -0.3 is 14.3 Å². The van der Waals surface area contributed by atoms with Crippen LogP contribution in [0.2, 0.25) is 0 Å². The third-order valence-electron chi connectivity index (χ3n) is 5.16. The molecule has 9 nitrogen and oxygen atoms in total. The molecule has 1 N–H and O–H groups in total. The highest BCUT2D eigenvalue weighted by Gasteiger charge is 2.20. The van der Waals surface area contributed by atoms with E-state index in [-0.39, 0.29) is 6.54 Å². The van der Waals surface area contributed by atoms with E-state index >= 15 is 0 Å². The van der Waals surface area contributed by atoms with Crippen molar-refractivity contribution in [2.45, 2.75) is 39.5 Å². The van der Waals surface area contributed by atoms with Gasteiger partial charge in [0.1, 0.15) is 12.3 Å². The third kappa shape index (κ3) is 3.94. The van der Waals surface area contributed by atoms with Crippen LogP contribution in [0.15, 0.2) is 69.1 Å². The van der Waals surface area contributed by atoms with Crippen LogP contribution in [0.25, 0.3) is 11.2 Å². The van der Waals surface area contributed by atoms with Crippen LogP contribution < -0.4 is 16.6 Å². The van der Waals surface area contributed by atoms with Crippen molar-refractivity contribution in [1.29, 1.82) is 0 Å². The third-order valence-corrected chi connectivity index (χ3v) is 5.16. The summed E-state index contributed by atoms with van der Waals surface area (Å²) >= 11 is 0. The lowest BCUT2D eigenvalue weighted by atomic mass is 10.2. The molecule has 31 heavy (non-hydrogen) atoms. The second kappa shape index (κ2) is 8.47. The predicted molar refractivity (Wildman–Crippen MR) is 115 cm³/mol. The van der Waals surface area contributed by atoms with Gasteiger partial charge in [-0.1, -0.05) is 30.3 Å². The van der Waals surface area contributed by atoms with Gasteiger partial charge in [0.05, 0.1) is 25.2 Å². The number of nitrogens with one attached hydrogen (secondary N) is 1. The fourth-order valence-corrected chi connectivity index (χ4v) is 3.57. The number of aryl methyl sites for hydroxylation is 1. The van der Waals surface area contributed by atoms with E-state index in [9.17, 15) is 14.4 Å². The Balaban J connectivity index is 1.75. The monoisotopic (exact) mass is 421 g/mol. The van der Waals surface area contributed by atoms with Crippen molar-refractivity contribution in [3.8, 4) is 0 Å². The minimum absolute atomic E-state index is 0.238. The van der Waals surface area contributed by atoms with Crippen molar-refractivity contribution < 1.29 is 9.21 Å². The number of fused-ring (bicyclic) bond motifs is 1. The number of imidazole rings is 1. The zero-order chi connectivity index (χ0) is 22.0. The summed E-state index contributed by atoms with van der Waals surface area (Å²) in [6.45, 7) is 4.00. The molecule has 0 bridgehead atoms. The molecule has 9 heteroatoms. The van der Waals surface area contributed by atoms with Gasteiger partial charge >= 0.3 is 5.69 Å². The molecular weight excluding hydrogens is 398 g/mol. The normalized spacial score (nSPS) is 12.2. The minimum atomic E-state index is -0.580. The molecule has 1 atom stereocenters. The van der Waals surface area contributed by atoms with Crippen molar-refractivity contribution >= 4 is 17.1 Å². The van der Waals surface area contributed by atoms with Gasteiger partial charge in [-0.3, -0.25) is 14.2 Å². The quantitative estimate of drug-likeness (QED) is 0.491. The molecule has 0 unspecified atom stereocenters. The van der Waals surface area contributed by atoms with E-state index in [4.69, 9.17) is 4.42 Å². The molecule has 3 aromatic heterocycles. The van der Waals surface area contributed by atoms with E-state index < -0.39 is 29.7 Å². The first-order valence-corrected chi connectivity index (χ1v) is 10.0. The number of aromatic nitrogens is 4. The van der Waals surface area contributed by atoms with Crippen LogP contribution in [0.3, 0.4) is 0 Å². The highest BCUT2D eigenvalue weighted by molar-refractivity contribution is 5.77. The number of hydrogen-bond acceptors (Lipinski definition) is 5. The molecule has 0 fully saturated rings. The fourth-order valence-electron chi connectivity index (χ4n) is 3.57. The Hall–Kier alpha value is -3.88. The van der Waals surface area contributed by atoms with Crippen LogP contribution in [0.4, 0.5) is 0 Å². The van der Waals surface area contributed by atoms with Gasteiger partial charge in [-0.25, -0.2) is 14.3 Å². The Kier molecular flexibility index (Phi) is 5.57. The summed E-state index contributed by atoms with van der Waals surface area (Å²) in [5.74, 6) is 0.123. The second-order valence-corrected chi connectivity index (χ2v) is 7.25. The zero-order valence-electron chi connectivity index (χ0n) is 17.3. The first-order chi connectivity index (χ1) is 15.0. The number of hydrogen-bond donors (Lipinski definition) is 1. The van der Waals surface area contributed by atoms with E-state index in [1.165, 1.54) is 17.2 Å². The highest BCUT2D eigenvalue weighted by Crippen LogP contribution is 2.12. The predicted octanol–water partition coefficient (Wildman–Crippen LogP) is 1.90. The lowest BCUT2D eigenvalue weighted by Gasteiger charge is -2.14. The molecular formula is C22H23N5O4. The molecule has 1 aromatic carbocycles. The molecule has 0 aliphatic heterocycles. The molecule has 4 rings (SSSR count). The molecule has 0 saturated heterocycles. The van der Waals surface area contributed by atoms with Crippen molar-refractivity contribution in [3.05, 3.63) is 87.2 Å². The van der Waals surface area contributed by atoms with Gasteiger partial charge in [0.2, 0.25) is 5.91 Å². The lowest BCUT2D eigenvalue weighted by Crippen LogP contribution is -2.44. The number of carbonyl (C=O) groups excluding carboxylic acids is 1. The molecule has 4 aromatic rings. The minimum Gasteiger partial charge on any atom is -0.467 e. The highest BCUT2D eigenvalue weighted by atomic mass is 16.3. The van der Waals surface area contributed by atoms with Gasteiger partial charge in [0, 0.05) is 6.54 Å². The molecule has 0 spiro atoms. The Morgan fingerprint density at radius 3 is 2.58 bits per heavy atom. The number of rotatable bonds is 7. The first-order valence-electron chi connectivity index (χ1n) is 10.0. The Morgan fingerprint density at radius 1 is 1.13 bits per heavy atom. The van der Waals surface area contributed by atoms with E-state index in [1.807, 2.05) is 37.3 Å². The number of nitrogens with zero attached hydrogens (tertiary/aromatic N) is 4. The zero-order valence-corrected chi connectivity index (χ0v) is 17.3. The van der Waals surface area contributed by atoms with Crippen LogP contribution in [-0.4, -0.2) is 24.6 Å². The molecule has 0 aliphatic carbocycles. The summed E-state index contributed by atoms with van der Waals surface area (Å²) in [7, 11) is 0. The maximum atomic E-state index is 13.2. The van der Waals surface area contributed by atoms with E-state index in [1.54, 1.807) is 23.6 Å². The summed E-state index contributed by atoms with van der Waals surface area (Å²) in [6, 6.07) is 12.5. The molecule has 160 valence electrons. The summed E-state index contributed by atoms with van der Waals surface area (Å²) in [5, 5.41) is 2.76. The van der Waals surface area contributed by atoms with E-state index in [2.05, 4.69) is 10.3 Å². The van der Waals surface area contributed by atoms with Gasteiger partial charge in [-0.15, -0.1) is 0 Å². The fraction of sp³-hybridized carbons (Fsp3) is 0.273. The van der Waals surface area contributed by atoms with Gasteiger partial charge in [-0.2, -0.15) is 0 Å². The van der Waals surface area contributed by atoms with Crippen molar-refractivity contribution in [2.75, 3.05) is 0 Å². The Morgan fingerprint density at radius 2 is 1.90 bits per heavy atom.